The zero-order valence-corrected chi connectivity index (χ0v) is 9.68. The lowest BCUT2D eigenvalue weighted by atomic mass is 10.2. The number of nitriles is 1. The predicted octanol–water partition coefficient (Wildman–Crippen LogP) is 0.668. The quantitative estimate of drug-likeness (QED) is 0.810. The lowest BCUT2D eigenvalue weighted by Gasteiger charge is -2.17. The highest BCUT2D eigenvalue weighted by atomic mass is 16.1. The maximum Gasteiger partial charge on any atom is 0.217 e. The molecule has 5 nitrogen and oxygen atoms in total. The van der Waals surface area contributed by atoms with Gasteiger partial charge in [-0.05, 0) is 18.6 Å². The Morgan fingerprint density at radius 3 is 3.24 bits per heavy atom. The maximum absolute atomic E-state index is 11.0. The van der Waals surface area contributed by atoms with Crippen LogP contribution in [0, 0.1) is 11.3 Å². The summed E-state index contributed by atoms with van der Waals surface area (Å²) in [5.41, 5.74) is 0.609. The molecule has 1 N–H and O–H groups in total. The van der Waals surface area contributed by atoms with Crippen LogP contribution in [-0.4, -0.2) is 30.0 Å². The van der Waals surface area contributed by atoms with Crippen LogP contribution in [0.2, 0.25) is 0 Å². The van der Waals surface area contributed by atoms with E-state index in [0.717, 1.165) is 25.3 Å². The molecule has 1 amide bonds. The van der Waals surface area contributed by atoms with Crippen molar-refractivity contribution in [1.82, 2.24) is 10.3 Å². The van der Waals surface area contributed by atoms with Gasteiger partial charge >= 0.3 is 0 Å². The highest BCUT2D eigenvalue weighted by Crippen LogP contribution is 2.18. The zero-order chi connectivity index (χ0) is 12.3. The zero-order valence-electron chi connectivity index (χ0n) is 9.68. The number of nitrogens with zero attached hydrogens (tertiary/aromatic N) is 3. The summed E-state index contributed by atoms with van der Waals surface area (Å²) in [5.74, 6) is 0.799. The van der Waals surface area contributed by atoms with Crippen molar-refractivity contribution in [2.24, 2.45) is 0 Å². The van der Waals surface area contributed by atoms with Crippen molar-refractivity contribution in [2.45, 2.75) is 19.4 Å². The SMILES string of the molecule is CC(=O)NC1CCN(c2cc(C#N)ccn2)C1. The van der Waals surface area contributed by atoms with Gasteiger partial charge in [0.05, 0.1) is 11.6 Å². The largest absolute Gasteiger partial charge is 0.354 e. The Morgan fingerprint density at radius 1 is 1.71 bits per heavy atom. The van der Waals surface area contributed by atoms with Crippen molar-refractivity contribution in [3.63, 3.8) is 0 Å². The van der Waals surface area contributed by atoms with E-state index in [4.69, 9.17) is 5.26 Å². The van der Waals surface area contributed by atoms with E-state index in [1.54, 1.807) is 18.3 Å². The third-order valence-electron chi connectivity index (χ3n) is 2.79. The minimum absolute atomic E-state index is 0.00409. The maximum atomic E-state index is 11.0. The third kappa shape index (κ3) is 2.72. The van der Waals surface area contributed by atoms with E-state index in [-0.39, 0.29) is 11.9 Å². The van der Waals surface area contributed by atoms with Crippen LogP contribution in [0.15, 0.2) is 18.3 Å². The van der Waals surface area contributed by atoms with E-state index < -0.39 is 0 Å². The monoisotopic (exact) mass is 230 g/mol. The van der Waals surface area contributed by atoms with Gasteiger partial charge in [-0.25, -0.2) is 4.98 Å². The smallest absolute Gasteiger partial charge is 0.217 e. The highest BCUT2D eigenvalue weighted by molar-refractivity contribution is 5.73. The lowest BCUT2D eigenvalue weighted by Crippen LogP contribution is -2.35. The van der Waals surface area contributed by atoms with Gasteiger partial charge in [-0.15, -0.1) is 0 Å². The second-order valence-electron chi connectivity index (χ2n) is 4.15. The Morgan fingerprint density at radius 2 is 2.53 bits per heavy atom. The van der Waals surface area contributed by atoms with Crippen LogP contribution in [0.1, 0.15) is 18.9 Å². The summed E-state index contributed by atoms with van der Waals surface area (Å²) in [4.78, 5) is 17.3. The van der Waals surface area contributed by atoms with E-state index in [1.807, 2.05) is 0 Å². The molecule has 1 saturated heterocycles. The summed E-state index contributed by atoms with van der Waals surface area (Å²) in [7, 11) is 0. The number of carbonyl (C=O) groups excluding carboxylic acids is 1. The van der Waals surface area contributed by atoms with Gasteiger partial charge in [0.25, 0.3) is 0 Å². The Hall–Kier alpha value is -2.09. The average Bonchev–Trinajstić information content (AvgIpc) is 2.77. The molecule has 1 aliphatic heterocycles. The van der Waals surface area contributed by atoms with Gasteiger partial charge in [0, 0.05) is 32.3 Å². The first-order valence-electron chi connectivity index (χ1n) is 5.57. The first-order chi connectivity index (χ1) is 8.19. The van der Waals surface area contributed by atoms with Crippen LogP contribution in [0.3, 0.4) is 0 Å². The Labute approximate surface area is 100 Å². The van der Waals surface area contributed by atoms with Crippen LogP contribution >= 0.6 is 0 Å². The molecule has 1 aromatic heterocycles. The van der Waals surface area contributed by atoms with E-state index in [9.17, 15) is 4.79 Å². The number of carbonyl (C=O) groups is 1. The van der Waals surface area contributed by atoms with E-state index >= 15 is 0 Å². The molecule has 0 bridgehead atoms. The number of rotatable bonds is 2. The van der Waals surface area contributed by atoms with Crippen LogP contribution in [-0.2, 0) is 4.79 Å². The Kier molecular flexibility index (Phi) is 3.24. The minimum atomic E-state index is -0.00409. The van der Waals surface area contributed by atoms with Gasteiger partial charge in [-0.3, -0.25) is 4.79 Å². The van der Waals surface area contributed by atoms with Gasteiger partial charge in [-0.2, -0.15) is 5.26 Å². The van der Waals surface area contributed by atoms with E-state index in [0.29, 0.717) is 5.56 Å². The number of amides is 1. The van der Waals surface area contributed by atoms with Gasteiger partial charge in [0.2, 0.25) is 5.91 Å². The van der Waals surface area contributed by atoms with Gasteiger partial charge in [0.15, 0.2) is 0 Å². The minimum Gasteiger partial charge on any atom is -0.354 e. The Bertz CT molecular complexity index is 466. The molecule has 0 radical (unpaired) electrons. The molecule has 1 unspecified atom stereocenters. The summed E-state index contributed by atoms with van der Waals surface area (Å²) in [6.07, 6.45) is 2.55. The molecule has 0 saturated carbocycles. The van der Waals surface area contributed by atoms with Gasteiger partial charge in [-0.1, -0.05) is 0 Å². The number of hydrogen-bond acceptors (Lipinski definition) is 4. The van der Waals surface area contributed by atoms with Crippen LogP contribution in [0.4, 0.5) is 5.82 Å². The molecule has 1 aromatic rings. The Balaban J connectivity index is 2.05. The number of pyridine rings is 1. The average molecular weight is 230 g/mol. The molecule has 2 rings (SSSR count). The molecule has 88 valence electrons. The van der Waals surface area contributed by atoms with Crippen LogP contribution in [0.25, 0.3) is 0 Å². The molecular weight excluding hydrogens is 216 g/mol. The fourth-order valence-corrected chi connectivity index (χ4v) is 2.03. The van der Waals surface area contributed by atoms with E-state index in [2.05, 4.69) is 21.3 Å². The van der Waals surface area contributed by atoms with Gasteiger partial charge in [0.1, 0.15) is 5.82 Å². The third-order valence-corrected chi connectivity index (χ3v) is 2.79. The van der Waals surface area contributed by atoms with Gasteiger partial charge < -0.3 is 10.2 Å². The molecule has 0 aliphatic carbocycles. The fraction of sp³-hybridized carbons (Fsp3) is 0.417. The number of nitrogens with one attached hydrogen (secondary N) is 1. The fourth-order valence-electron chi connectivity index (χ4n) is 2.03. The summed E-state index contributed by atoms with van der Waals surface area (Å²) in [6.45, 7) is 3.13. The predicted molar refractivity (Wildman–Crippen MR) is 63.4 cm³/mol. The molecule has 17 heavy (non-hydrogen) atoms. The second kappa shape index (κ2) is 4.83. The molecule has 1 fully saturated rings. The summed E-state index contributed by atoms with van der Waals surface area (Å²) in [6, 6.07) is 5.74. The summed E-state index contributed by atoms with van der Waals surface area (Å²) in [5, 5.41) is 11.7. The molecule has 0 spiro atoms. The number of aromatic nitrogens is 1. The normalized spacial score (nSPS) is 18.8. The summed E-state index contributed by atoms with van der Waals surface area (Å²) >= 11 is 0. The first-order valence-corrected chi connectivity index (χ1v) is 5.57. The second-order valence-corrected chi connectivity index (χ2v) is 4.15. The topological polar surface area (TPSA) is 69.0 Å². The lowest BCUT2D eigenvalue weighted by molar-refractivity contribution is -0.119. The molecular formula is C12H14N4O. The highest BCUT2D eigenvalue weighted by Gasteiger charge is 2.23. The van der Waals surface area contributed by atoms with Crippen molar-refractivity contribution in [3.8, 4) is 6.07 Å². The molecule has 1 aliphatic rings. The van der Waals surface area contributed by atoms with E-state index in [1.165, 1.54) is 6.92 Å². The van der Waals surface area contributed by atoms with Crippen molar-refractivity contribution in [2.75, 3.05) is 18.0 Å². The number of anilines is 1. The van der Waals surface area contributed by atoms with Crippen molar-refractivity contribution in [1.29, 1.82) is 5.26 Å². The van der Waals surface area contributed by atoms with Crippen molar-refractivity contribution >= 4 is 11.7 Å². The molecule has 2 heterocycles. The van der Waals surface area contributed by atoms with Crippen molar-refractivity contribution < 1.29 is 4.79 Å². The first kappa shape index (κ1) is 11.4. The molecule has 5 heteroatoms. The molecule has 0 aromatic carbocycles. The summed E-state index contributed by atoms with van der Waals surface area (Å²) < 4.78 is 0. The van der Waals surface area contributed by atoms with Crippen molar-refractivity contribution in [3.05, 3.63) is 23.9 Å². The molecule has 1 atom stereocenters. The number of hydrogen-bond donors (Lipinski definition) is 1. The van der Waals surface area contributed by atoms with Crippen LogP contribution < -0.4 is 10.2 Å². The standard InChI is InChI=1S/C12H14N4O/c1-9(17)15-11-3-5-16(8-11)12-6-10(7-13)2-4-14-12/h2,4,6,11H,3,5,8H2,1H3,(H,15,17). The van der Waals surface area contributed by atoms with Crippen LogP contribution in [0.5, 0.6) is 0 Å².